The van der Waals surface area contributed by atoms with Crippen LogP contribution in [0.2, 0.25) is 0 Å². The molecule has 2 aromatic heterocycles. The molecule has 0 bridgehead atoms. The molecule has 6 nitrogen and oxygen atoms in total. The minimum absolute atomic E-state index is 0.209. The Kier molecular flexibility index (Phi) is 5.66. The van der Waals surface area contributed by atoms with E-state index in [1.54, 1.807) is 6.20 Å². The van der Waals surface area contributed by atoms with E-state index >= 15 is 0 Å². The number of nitrogens with one attached hydrogen (secondary N) is 1. The van der Waals surface area contributed by atoms with Crippen LogP contribution >= 0.6 is 0 Å². The molecule has 0 atom stereocenters. The number of aryl methyl sites for hydroxylation is 1. The van der Waals surface area contributed by atoms with E-state index in [2.05, 4.69) is 20.3 Å². The summed E-state index contributed by atoms with van der Waals surface area (Å²) in [7, 11) is 0. The van der Waals surface area contributed by atoms with Crippen molar-refractivity contribution in [1.82, 2.24) is 15.0 Å². The minimum atomic E-state index is 0.209. The van der Waals surface area contributed by atoms with Crippen molar-refractivity contribution in [3.8, 4) is 11.5 Å². The van der Waals surface area contributed by atoms with Gasteiger partial charge in [0.1, 0.15) is 17.3 Å². The predicted molar refractivity (Wildman–Crippen MR) is 121 cm³/mol. The lowest BCUT2D eigenvalue weighted by molar-refractivity contribution is 0.481. The minimum Gasteiger partial charge on any atom is -0.457 e. The fourth-order valence-electron chi connectivity index (χ4n) is 2.85. The zero-order valence-electron chi connectivity index (χ0n) is 16.5. The van der Waals surface area contributed by atoms with E-state index in [0.29, 0.717) is 5.82 Å². The Labute approximate surface area is 175 Å². The highest BCUT2D eigenvalue weighted by atomic mass is 16.5. The van der Waals surface area contributed by atoms with Gasteiger partial charge in [-0.15, -0.1) is 0 Å². The zero-order chi connectivity index (χ0) is 20.8. The summed E-state index contributed by atoms with van der Waals surface area (Å²) in [6.07, 6.45) is 5.62. The lowest BCUT2D eigenvalue weighted by Gasteiger charge is -2.09. The maximum Gasteiger partial charge on any atom is 0.222 e. The maximum atomic E-state index is 5.88. The number of nitrogens with zero attached hydrogens (tertiary/aromatic N) is 3. The van der Waals surface area contributed by atoms with Gasteiger partial charge in [0.15, 0.2) is 0 Å². The van der Waals surface area contributed by atoms with Gasteiger partial charge in [-0.3, -0.25) is 4.98 Å². The molecular weight excluding hydrogens is 374 g/mol. The predicted octanol–water partition coefficient (Wildman–Crippen LogP) is 5.47. The number of nitrogens with two attached hydrogens (primary N) is 1. The van der Waals surface area contributed by atoms with E-state index in [4.69, 9.17) is 10.5 Å². The number of benzene rings is 2. The Morgan fingerprint density at radius 3 is 2.43 bits per heavy atom. The molecule has 0 radical (unpaired) electrons. The molecule has 148 valence electrons. The van der Waals surface area contributed by atoms with Crippen molar-refractivity contribution in [1.29, 1.82) is 0 Å². The summed E-state index contributed by atoms with van der Waals surface area (Å²) in [5.41, 5.74) is 9.47. The van der Waals surface area contributed by atoms with Crippen molar-refractivity contribution < 1.29 is 4.74 Å². The topological polar surface area (TPSA) is 86.0 Å². The number of aromatic nitrogens is 3. The molecule has 0 fully saturated rings. The highest BCUT2D eigenvalue weighted by molar-refractivity contribution is 5.70. The van der Waals surface area contributed by atoms with E-state index in [1.807, 2.05) is 91.9 Å². The van der Waals surface area contributed by atoms with Gasteiger partial charge >= 0.3 is 0 Å². The SMILES string of the molecule is Cc1cc(Oc2ccc(Nc3cc(/C=C/c4ccccc4)nc(N)n3)cc2)ccn1. The second-order valence-electron chi connectivity index (χ2n) is 6.66. The molecule has 0 spiro atoms. The monoisotopic (exact) mass is 395 g/mol. The van der Waals surface area contributed by atoms with E-state index in [-0.39, 0.29) is 5.95 Å². The molecule has 3 N–H and O–H groups in total. The van der Waals surface area contributed by atoms with Crippen LogP contribution in [0.15, 0.2) is 79.0 Å². The third-order valence-electron chi connectivity index (χ3n) is 4.24. The van der Waals surface area contributed by atoms with Crippen molar-refractivity contribution in [3.05, 3.63) is 95.9 Å². The lowest BCUT2D eigenvalue weighted by Crippen LogP contribution is -2.01. The first-order valence-electron chi connectivity index (χ1n) is 9.49. The normalized spacial score (nSPS) is 10.8. The second kappa shape index (κ2) is 8.87. The molecule has 0 amide bonds. The summed E-state index contributed by atoms with van der Waals surface area (Å²) >= 11 is 0. The summed E-state index contributed by atoms with van der Waals surface area (Å²) < 4.78 is 5.85. The van der Waals surface area contributed by atoms with Crippen LogP contribution in [0.3, 0.4) is 0 Å². The van der Waals surface area contributed by atoms with Crippen LogP contribution < -0.4 is 15.8 Å². The molecule has 4 rings (SSSR count). The number of pyridine rings is 1. The maximum absolute atomic E-state index is 5.88. The van der Waals surface area contributed by atoms with Crippen molar-refractivity contribution in [2.75, 3.05) is 11.1 Å². The summed E-state index contributed by atoms with van der Waals surface area (Å²) in [6, 6.07) is 23.2. The molecule has 2 aromatic carbocycles. The van der Waals surface area contributed by atoms with E-state index < -0.39 is 0 Å². The highest BCUT2D eigenvalue weighted by Crippen LogP contribution is 2.24. The summed E-state index contributed by atoms with van der Waals surface area (Å²) in [6.45, 7) is 1.93. The van der Waals surface area contributed by atoms with E-state index in [9.17, 15) is 0 Å². The number of rotatable bonds is 6. The third kappa shape index (κ3) is 5.20. The largest absolute Gasteiger partial charge is 0.457 e. The molecule has 4 aromatic rings. The number of hydrogen-bond donors (Lipinski definition) is 2. The first kappa shape index (κ1) is 19.1. The van der Waals surface area contributed by atoms with Gasteiger partial charge in [0.25, 0.3) is 0 Å². The molecule has 0 aliphatic heterocycles. The fourth-order valence-corrected chi connectivity index (χ4v) is 2.85. The van der Waals surface area contributed by atoms with Crippen LogP contribution in [0.1, 0.15) is 17.0 Å². The highest BCUT2D eigenvalue weighted by Gasteiger charge is 2.03. The first-order valence-corrected chi connectivity index (χ1v) is 9.49. The van der Waals surface area contributed by atoms with Crippen molar-refractivity contribution >= 4 is 29.6 Å². The average Bonchev–Trinajstić information content (AvgIpc) is 2.74. The molecule has 0 aliphatic rings. The second-order valence-corrected chi connectivity index (χ2v) is 6.66. The van der Waals surface area contributed by atoms with Crippen molar-refractivity contribution in [2.24, 2.45) is 0 Å². The molecule has 6 heteroatoms. The van der Waals surface area contributed by atoms with E-state index in [1.165, 1.54) is 0 Å². The molecule has 0 saturated heterocycles. The van der Waals surface area contributed by atoms with Crippen LogP contribution in [0.5, 0.6) is 11.5 Å². The molecule has 30 heavy (non-hydrogen) atoms. The van der Waals surface area contributed by atoms with Crippen LogP contribution in [0.4, 0.5) is 17.5 Å². The van der Waals surface area contributed by atoms with Crippen molar-refractivity contribution in [2.45, 2.75) is 6.92 Å². The van der Waals surface area contributed by atoms with Gasteiger partial charge in [-0.25, -0.2) is 4.98 Å². The smallest absolute Gasteiger partial charge is 0.222 e. The van der Waals surface area contributed by atoms with Gasteiger partial charge < -0.3 is 15.8 Å². The van der Waals surface area contributed by atoms with Gasteiger partial charge in [0.05, 0.1) is 5.69 Å². The Hall–Kier alpha value is -4.19. The molecule has 2 heterocycles. The number of hydrogen-bond acceptors (Lipinski definition) is 6. The fraction of sp³-hybridized carbons (Fsp3) is 0.0417. The lowest BCUT2D eigenvalue weighted by atomic mass is 10.2. The molecule has 0 aliphatic carbocycles. The summed E-state index contributed by atoms with van der Waals surface area (Å²) in [5, 5.41) is 3.25. The number of nitrogen functional groups attached to an aromatic ring is 1. The van der Waals surface area contributed by atoms with Crippen LogP contribution in [0.25, 0.3) is 12.2 Å². The van der Waals surface area contributed by atoms with Crippen LogP contribution in [0, 0.1) is 6.92 Å². The van der Waals surface area contributed by atoms with Gasteiger partial charge in [-0.2, -0.15) is 4.98 Å². The van der Waals surface area contributed by atoms with Crippen LogP contribution in [-0.2, 0) is 0 Å². The number of anilines is 3. The standard InChI is InChI=1S/C24H21N5O/c1-17-15-22(13-14-26-17)30-21-11-9-19(10-12-21)27-23-16-20(28-24(25)29-23)8-7-18-5-3-2-4-6-18/h2-16H,1H3,(H3,25,27,28,29)/b8-7+. The Morgan fingerprint density at radius 1 is 0.867 bits per heavy atom. The number of ether oxygens (including phenoxy) is 1. The zero-order valence-corrected chi connectivity index (χ0v) is 16.5. The molecular formula is C24H21N5O. The average molecular weight is 395 g/mol. The summed E-state index contributed by atoms with van der Waals surface area (Å²) in [4.78, 5) is 12.7. The van der Waals surface area contributed by atoms with Crippen molar-refractivity contribution in [3.63, 3.8) is 0 Å². The van der Waals surface area contributed by atoms with Crippen LogP contribution in [-0.4, -0.2) is 15.0 Å². The Balaban J connectivity index is 1.46. The van der Waals surface area contributed by atoms with E-state index in [0.717, 1.165) is 34.1 Å². The third-order valence-corrected chi connectivity index (χ3v) is 4.24. The van der Waals surface area contributed by atoms with Gasteiger partial charge in [-0.1, -0.05) is 36.4 Å². The Morgan fingerprint density at radius 2 is 1.67 bits per heavy atom. The van der Waals surface area contributed by atoms with Gasteiger partial charge in [0, 0.05) is 29.7 Å². The Bertz CT molecular complexity index is 1160. The molecule has 0 saturated carbocycles. The molecule has 0 unspecified atom stereocenters. The van der Waals surface area contributed by atoms with Gasteiger partial charge in [-0.05, 0) is 48.9 Å². The first-order chi connectivity index (χ1) is 14.6. The van der Waals surface area contributed by atoms with Gasteiger partial charge in [0.2, 0.25) is 5.95 Å². The summed E-state index contributed by atoms with van der Waals surface area (Å²) in [5.74, 6) is 2.32. The quantitative estimate of drug-likeness (QED) is 0.450.